The van der Waals surface area contributed by atoms with E-state index >= 15 is 0 Å². The van der Waals surface area contributed by atoms with E-state index < -0.39 is 18.2 Å². The van der Waals surface area contributed by atoms with Gasteiger partial charge < -0.3 is 20.6 Å². The van der Waals surface area contributed by atoms with Crippen molar-refractivity contribution in [1.82, 2.24) is 5.32 Å². The molecule has 4 N–H and O–H groups in total. The van der Waals surface area contributed by atoms with E-state index in [1.165, 1.54) is 180 Å². The van der Waals surface area contributed by atoms with Crippen molar-refractivity contribution in [1.29, 1.82) is 0 Å². The summed E-state index contributed by atoms with van der Waals surface area (Å²) < 4.78 is 0. The van der Waals surface area contributed by atoms with Gasteiger partial charge in [0.05, 0.1) is 18.8 Å². The second-order valence-electron chi connectivity index (χ2n) is 15.6. The van der Waals surface area contributed by atoms with Crippen molar-refractivity contribution >= 4 is 5.91 Å². The van der Waals surface area contributed by atoms with E-state index in [0.29, 0.717) is 12.8 Å². The summed E-state index contributed by atoms with van der Waals surface area (Å²) in [6.07, 6.45) is 47.5. The molecule has 5 heteroatoms. The molecule has 0 aromatic rings. The second kappa shape index (κ2) is 40.9. The number of allylic oxidation sites excluding steroid dienone is 2. The van der Waals surface area contributed by atoms with Gasteiger partial charge in [-0.1, -0.05) is 212 Å². The minimum atomic E-state index is -1.13. The number of carbonyl (C=O) groups excluding carboxylic acids is 1. The van der Waals surface area contributed by atoms with Crippen LogP contribution in [-0.2, 0) is 4.79 Å². The van der Waals surface area contributed by atoms with Crippen LogP contribution in [0.3, 0.4) is 0 Å². The molecule has 0 bridgehead atoms. The number of rotatable bonds is 41. The first-order chi connectivity index (χ1) is 24.6. The Balaban J connectivity index is 3.60. The molecule has 0 radical (unpaired) electrons. The molecule has 3 atom stereocenters. The van der Waals surface area contributed by atoms with Crippen LogP contribution in [0.25, 0.3) is 0 Å². The highest BCUT2D eigenvalue weighted by Gasteiger charge is 2.26. The largest absolute Gasteiger partial charge is 0.394 e. The summed E-state index contributed by atoms with van der Waals surface area (Å²) in [6, 6.07) is -0.807. The van der Waals surface area contributed by atoms with Crippen LogP contribution in [0.1, 0.15) is 245 Å². The molecule has 0 spiro atoms. The topological polar surface area (TPSA) is 89.8 Å². The molecule has 298 valence electrons. The van der Waals surface area contributed by atoms with Crippen molar-refractivity contribution in [2.24, 2.45) is 0 Å². The SMILES string of the molecule is CCCCCCCCCCCCC/C=C\CCCCCCCCCC(=O)NC(CO)C(O)C(O)CCCCCCCCCCCCCCCC. The van der Waals surface area contributed by atoms with E-state index in [4.69, 9.17) is 0 Å². The number of aliphatic hydroxyl groups excluding tert-OH is 3. The standard InChI is InChI=1S/C45H89NO4/c1-3-5-7-9-11-13-15-17-19-20-21-22-23-24-25-26-28-30-32-34-36-38-40-44(49)46-42(41-47)45(50)43(48)39-37-35-33-31-29-27-18-16-14-12-10-8-6-4-2/h23-24,42-43,45,47-48,50H,3-22,25-41H2,1-2H3,(H,46,49)/b24-23-. The van der Waals surface area contributed by atoms with Gasteiger partial charge in [-0.05, 0) is 38.5 Å². The lowest BCUT2D eigenvalue weighted by Gasteiger charge is -2.26. The summed E-state index contributed by atoms with van der Waals surface area (Å²) in [6.45, 7) is 4.19. The van der Waals surface area contributed by atoms with Crippen LogP contribution in [0, 0.1) is 0 Å². The molecule has 0 aliphatic carbocycles. The zero-order valence-corrected chi connectivity index (χ0v) is 33.8. The van der Waals surface area contributed by atoms with E-state index in [2.05, 4.69) is 31.3 Å². The van der Waals surface area contributed by atoms with Gasteiger partial charge in [0.25, 0.3) is 0 Å². The third-order valence-corrected chi connectivity index (χ3v) is 10.6. The monoisotopic (exact) mass is 708 g/mol. The van der Waals surface area contributed by atoms with Crippen LogP contribution in [0.2, 0.25) is 0 Å². The molecule has 3 unspecified atom stereocenters. The highest BCUT2D eigenvalue weighted by molar-refractivity contribution is 5.76. The summed E-state index contributed by atoms with van der Waals surface area (Å²) in [5.74, 6) is -0.147. The molecule has 0 aliphatic heterocycles. The van der Waals surface area contributed by atoms with Crippen LogP contribution >= 0.6 is 0 Å². The molecule has 0 fully saturated rings. The zero-order valence-electron chi connectivity index (χ0n) is 33.8. The number of hydrogen-bond acceptors (Lipinski definition) is 4. The molecular weight excluding hydrogens is 618 g/mol. The van der Waals surface area contributed by atoms with Crippen LogP contribution < -0.4 is 5.32 Å². The summed E-state index contributed by atoms with van der Waals surface area (Å²) in [7, 11) is 0. The van der Waals surface area contributed by atoms with Gasteiger partial charge in [-0.2, -0.15) is 0 Å². The lowest BCUT2D eigenvalue weighted by molar-refractivity contribution is -0.124. The van der Waals surface area contributed by atoms with Crippen LogP contribution in [0.4, 0.5) is 0 Å². The quantitative estimate of drug-likeness (QED) is 0.0376. The summed E-state index contributed by atoms with van der Waals surface area (Å²) in [5, 5.41) is 33.5. The Hall–Kier alpha value is -0.910. The molecule has 0 aromatic carbocycles. The Morgan fingerprint density at radius 1 is 0.480 bits per heavy atom. The normalized spacial score (nSPS) is 13.6. The third-order valence-electron chi connectivity index (χ3n) is 10.6. The van der Waals surface area contributed by atoms with Crippen molar-refractivity contribution < 1.29 is 20.1 Å². The van der Waals surface area contributed by atoms with Crippen molar-refractivity contribution in [2.45, 2.75) is 263 Å². The highest BCUT2D eigenvalue weighted by Crippen LogP contribution is 2.16. The first kappa shape index (κ1) is 49.1. The number of carbonyl (C=O) groups is 1. The Labute approximate surface area is 312 Å². The number of amides is 1. The van der Waals surface area contributed by atoms with Crippen molar-refractivity contribution in [3.05, 3.63) is 12.2 Å². The van der Waals surface area contributed by atoms with Gasteiger partial charge in [-0.25, -0.2) is 0 Å². The Bertz CT molecular complexity index is 699. The molecule has 0 saturated carbocycles. The average molecular weight is 708 g/mol. The van der Waals surface area contributed by atoms with E-state index in [1.54, 1.807) is 0 Å². The molecule has 0 saturated heterocycles. The van der Waals surface area contributed by atoms with Crippen LogP contribution in [0.15, 0.2) is 12.2 Å². The van der Waals surface area contributed by atoms with Gasteiger partial charge in [0, 0.05) is 6.42 Å². The summed E-state index contributed by atoms with van der Waals surface area (Å²) >= 11 is 0. The predicted molar refractivity (Wildman–Crippen MR) is 218 cm³/mol. The zero-order chi connectivity index (χ0) is 36.6. The molecule has 0 aliphatic rings. The predicted octanol–water partition coefficient (Wildman–Crippen LogP) is 12.8. The first-order valence-corrected chi connectivity index (χ1v) is 22.5. The smallest absolute Gasteiger partial charge is 0.220 e. The van der Waals surface area contributed by atoms with Gasteiger partial charge >= 0.3 is 0 Å². The number of hydrogen-bond donors (Lipinski definition) is 4. The van der Waals surface area contributed by atoms with Gasteiger partial charge in [0.1, 0.15) is 6.10 Å². The maximum Gasteiger partial charge on any atom is 0.220 e. The number of nitrogens with one attached hydrogen (secondary N) is 1. The average Bonchev–Trinajstić information content (AvgIpc) is 3.12. The Morgan fingerprint density at radius 3 is 1.16 bits per heavy atom. The Morgan fingerprint density at radius 2 is 0.800 bits per heavy atom. The molecule has 1 amide bonds. The van der Waals surface area contributed by atoms with E-state index in [-0.39, 0.29) is 12.5 Å². The third kappa shape index (κ3) is 35.5. The molecule has 0 heterocycles. The minimum absolute atomic E-state index is 0.147. The van der Waals surface area contributed by atoms with Crippen molar-refractivity contribution in [3.63, 3.8) is 0 Å². The molecule has 0 aromatic heterocycles. The van der Waals surface area contributed by atoms with E-state index in [1.807, 2.05) is 0 Å². The van der Waals surface area contributed by atoms with E-state index in [9.17, 15) is 20.1 Å². The van der Waals surface area contributed by atoms with Crippen molar-refractivity contribution in [2.75, 3.05) is 6.61 Å². The highest BCUT2D eigenvalue weighted by atomic mass is 16.3. The molecule has 50 heavy (non-hydrogen) atoms. The summed E-state index contributed by atoms with van der Waals surface area (Å²) in [5.41, 5.74) is 0. The Kier molecular flexibility index (Phi) is 40.1. The van der Waals surface area contributed by atoms with E-state index in [0.717, 1.165) is 38.5 Å². The van der Waals surface area contributed by atoms with Crippen molar-refractivity contribution in [3.8, 4) is 0 Å². The number of aliphatic hydroxyl groups is 3. The lowest BCUT2D eigenvalue weighted by Crippen LogP contribution is -2.50. The fourth-order valence-corrected chi connectivity index (χ4v) is 7.10. The van der Waals surface area contributed by atoms with Gasteiger partial charge in [0.15, 0.2) is 0 Å². The molecular formula is C45H89NO4. The molecule has 5 nitrogen and oxygen atoms in total. The van der Waals surface area contributed by atoms with Gasteiger partial charge in [-0.15, -0.1) is 0 Å². The number of unbranched alkanes of at least 4 members (excludes halogenated alkanes) is 31. The van der Waals surface area contributed by atoms with Gasteiger partial charge in [0.2, 0.25) is 5.91 Å². The van der Waals surface area contributed by atoms with Crippen LogP contribution in [0.5, 0.6) is 0 Å². The first-order valence-electron chi connectivity index (χ1n) is 22.5. The molecule has 0 rings (SSSR count). The second-order valence-corrected chi connectivity index (χ2v) is 15.6. The van der Waals surface area contributed by atoms with Gasteiger partial charge in [-0.3, -0.25) is 4.79 Å². The summed E-state index contributed by atoms with van der Waals surface area (Å²) in [4.78, 5) is 12.4. The maximum atomic E-state index is 12.4. The minimum Gasteiger partial charge on any atom is -0.394 e. The maximum absolute atomic E-state index is 12.4. The fourth-order valence-electron chi connectivity index (χ4n) is 7.10. The fraction of sp³-hybridized carbons (Fsp3) is 0.933. The van der Waals surface area contributed by atoms with Crippen LogP contribution in [-0.4, -0.2) is 46.1 Å². The lowest BCUT2D eigenvalue weighted by atomic mass is 9.99.